The number of amides is 3. The van der Waals surface area contributed by atoms with Crippen LogP contribution in [0.15, 0.2) is 51.8 Å². The molecular formula is C18H11BrClFN2O3S. The van der Waals surface area contributed by atoms with Gasteiger partial charge in [0.2, 0.25) is 5.91 Å². The molecule has 0 atom stereocenters. The van der Waals surface area contributed by atoms with E-state index in [0.29, 0.717) is 32.5 Å². The molecule has 1 saturated heterocycles. The van der Waals surface area contributed by atoms with Gasteiger partial charge in [0, 0.05) is 10.2 Å². The van der Waals surface area contributed by atoms with Crippen molar-refractivity contribution in [2.75, 3.05) is 11.9 Å². The summed E-state index contributed by atoms with van der Waals surface area (Å²) in [6, 6.07) is 10.5. The molecule has 1 aliphatic heterocycles. The van der Waals surface area contributed by atoms with Gasteiger partial charge >= 0.3 is 0 Å². The van der Waals surface area contributed by atoms with Gasteiger partial charge in [0.05, 0.1) is 9.93 Å². The largest absolute Gasteiger partial charge is 0.324 e. The van der Waals surface area contributed by atoms with Gasteiger partial charge < -0.3 is 5.32 Å². The molecule has 1 fully saturated rings. The topological polar surface area (TPSA) is 66.5 Å². The molecule has 2 aromatic rings. The molecule has 0 aliphatic carbocycles. The average molecular weight is 470 g/mol. The Labute approximate surface area is 171 Å². The maximum Gasteiger partial charge on any atom is 0.294 e. The van der Waals surface area contributed by atoms with E-state index in [4.69, 9.17) is 11.6 Å². The Balaban J connectivity index is 1.69. The Morgan fingerprint density at radius 1 is 1.26 bits per heavy atom. The van der Waals surface area contributed by atoms with Crippen LogP contribution >= 0.6 is 39.3 Å². The summed E-state index contributed by atoms with van der Waals surface area (Å²) in [4.78, 5) is 37.6. The maximum atomic E-state index is 13.3. The van der Waals surface area contributed by atoms with Crippen molar-refractivity contribution >= 4 is 68.1 Å². The summed E-state index contributed by atoms with van der Waals surface area (Å²) in [6.45, 7) is -0.432. The third-order valence-corrected chi connectivity index (χ3v) is 5.66. The zero-order chi connectivity index (χ0) is 19.6. The molecule has 2 aromatic carbocycles. The Hall–Kier alpha value is -2.16. The number of hydrogen-bond donors (Lipinski definition) is 1. The first kappa shape index (κ1) is 19.6. The van der Waals surface area contributed by atoms with Crippen molar-refractivity contribution < 1.29 is 18.8 Å². The van der Waals surface area contributed by atoms with Crippen LogP contribution in [0.25, 0.3) is 6.08 Å². The standard InChI is InChI=1S/C18H11BrClFN2O3S/c19-13-5-4-12(8-14(13)20)22-16(24)9-23-17(25)15(27-18(23)26)7-10-2-1-3-11(21)6-10/h1-8H,9H2,(H,22,24)/b15-7+. The van der Waals surface area contributed by atoms with E-state index in [-0.39, 0.29) is 4.91 Å². The third kappa shape index (κ3) is 4.77. The molecule has 1 heterocycles. The summed E-state index contributed by atoms with van der Waals surface area (Å²) in [5.74, 6) is -1.59. The lowest BCUT2D eigenvalue weighted by Crippen LogP contribution is -2.36. The van der Waals surface area contributed by atoms with E-state index in [9.17, 15) is 18.8 Å². The predicted octanol–water partition coefficient (Wildman–Crippen LogP) is 4.92. The first-order valence-electron chi connectivity index (χ1n) is 7.59. The quantitative estimate of drug-likeness (QED) is 0.646. The number of anilines is 1. The number of benzene rings is 2. The van der Waals surface area contributed by atoms with Crippen LogP contribution < -0.4 is 5.32 Å². The summed E-state index contributed by atoms with van der Waals surface area (Å²) >= 11 is 9.92. The molecule has 5 nitrogen and oxygen atoms in total. The first-order chi connectivity index (χ1) is 12.8. The molecule has 0 saturated carbocycles. The number of rotatable bonds is 4. The highest BCUT2D eigenvalue weighted by Gasteiger charge is 2.36. The van der Waals surface area contributed by atoms with Crippen molar-refractivity contribution in [1.29, 1.82) is 0 Å². The van der Waals surface area contributed by atoms with E-state index < -0.39 is 29.4 Å². The summed E-state index contributed by atoms with van der Waals surface area (Å²) in [5.41, 5.74) is 0.893. The number of hydrogen-bond acceptors (Lipinski definition) is 4. The van der Waals surface area contributed by atoms with Crippen molar-refractivity contribution in [3.63, 3.8) is 0 Å². The third-order valence-electron chi connectivity index (χ3n) is 3.53. The van der Waals surface area contributed by atoms with Crippen LogP contribution in [0.5, 0.6) is 0 Å². The molecule has 0 spiro atoms. The van der Waals surface area contributed by atoms with Gasteiger partial charge in [-0.15, -0.1) is 0 Å². The summed E-state index contributed by atoms with van der Waals surface area (Å²) in [7, 11) is 0. The van der Waals surface area contributed by atoms with Crippen LogP contribution in [0.3, 0.4) is 0 Å². The second kappa shape index (κ2) is 8.24. The highest BCUT2D eigenvalue weighted by Crippen LogP contribution is 2.32. The highest BCUT2D eigenvalue weighted by molar-refractivity contribution is 9.10. The Morgan fingerprint density at radius 3 is 2.74 bits per heavy atom. The van der Waals surface area contributed by atoms with Crippen molar-refractivity contribution in [1.82, 2.24) is 4.90 Å². The van der Waals surface area contributed by atoms with Gasteiger partial charge in [-0.05, 0) is 69.7 Å². The fraction of sp³-hybridized carbons (Fsp3) is 0.0556. The molecule has 27 heavy (non-hydrogen) atoms. The van der Waals surface area contributed by atoms with Crippen LogP contribution in [0.4, 0.5) is 14.9 Å². The van der Waals surface area contributed by atoms with Gasteiger partial charge in [0.1, 0.15) is 12.4 Å². The van der Waals surface area contributed by atoms with E-state index in [0.717, 1.165) is 4.90 Å². The number of carbonyl (C=O) groups excluding carboxylic acids is 3. The van der Waals surface area contributed by atoms with E-state index in [1.54, 1.807) is 24.3 Å². The first-order valence-corrected chi connectivity index (χ1v) is 9.58. The molecule has 9 heteroatoms. The Bertz CT molecular complexity index is 983. The number of imide groups is 1. The fourth-order valence-corrected chi connectivity index (χ4v) is 3.57. The predicted molar refractivity (Wildman–Crippen MR) is 107 cm³/mol. The molecule has 3 rings (SSSR count). The van der Waals surface area contributed by atoms with Crippen LogP contribution in [0.2, 0.25) is 5.02 Å². The lowest BCUT2D eigenvalue weighted by molar-refractivity contribution is -0.127. The molecular weight excluding hydrogens is 459 g/mol. The summed E-state index contributed by atoms with van der Waals surface area (Å²) in [5, 5.41) is 2.43. The number of thioether (sulfide) groups is 1. The number of halogens is 3. The highest BCUT2D eigenvalue weighted by atomic mass is 79.9. The normalized spacial score (nSPS) is 15.5. The molecule has 0 aromatic heterocycles. The van der Waals surface area contributed by atoms with Crippen LogP contribution in [-0.2, 0) is 9.59 Å². The molecule has 0 unspecified atom stereocenters. The Morgan fingerprint density at radius 2 is 2.04 bits per heavy atom. The van der Waals surface area contributed by atoms with Gasteiger partial charge in [0.25, 0.3) is 11.1 Å². The minimum absolute atomic E-state index is 0.130. The van der Waals surface area contributed by atoms with Gasteiger partial charge in [-0.1, -0.05) is 23.7 Å². The Kier molecular flexibility index (Phi) is 5.98. The molecule has 0 radical (unpaired) electrons. The maximum absolute atomic E-state index is 13.3. The monoisotopic (exact) mass is 468 g/mol. The van der Waals surface area contributed by atoms with Crippen molar-refractivity contribution in [2.45, 2.75) is 0 Å². The molecule has 0 bridgehead atoms. The van der Waals surface area contributed by atoms with Crippen molar-refractivity contribution in [3.05, 3.63) is 68.2 Å². The minimum atomic E-state index is -0.599. The minimum Gasteiger partial charge on any atom is -0.324 e. The van der Waals surface area contributed by atoms with E-state index in [1.165, 1.54) is 24.3 Å². The van der Waals surface area contributed by atoms with Gasteiger partial charge in [0.15, 0.2) is 0 Å². The summed E-state index contributed by atoms with van der Waals surface area (Å²) < 4.78 is 13.9. The number of carbonyl (C=O) groups is 3. The average Bonchev–Trinajstić information content (AvgIpc) is 2.86. The number of nitrogens with one attached hydrogen (secondary N) is 1. The SMILES string of the molecule is O=C(CN1C(=O)S/C(=C/c2cccc(F)c2)C1=O)Nc1ccc(Br)c(Cl)c1. The zero-order valence-electron chi connectivity index (χ0n) is 13.5. The van der Waals surface area contributed by atoms with Gasteiger partial charge in [-0.25, -0.2) is 4.39 Å². The number of nitrogens with zero attached hydrogens (tertiary/aromatic N) is 1. The summed E-state index contributed by atoms with van der Waals surface area (Å²) in [6.07, 6.45) is 1.42. The smallest absolute Gasteiger partial charge is 0.294 e. The van der Waals surface area contributed by atoms with E-state index in [2.05, 4.69) is 21.2 Å². The van der Waals surface area contributed by atoms with Crippen molar-refractivity contribution in [3.8, 4) is 0 Å². The lowest BCUT2D eigenvalue weighted by atomic mass is 10.2. The zero-order valence-corrected chi connectivity index (χ0v) is 16.7. The van der Waals surface area contributed by atoms with E-state index >= 15 is 0 Å². The molecule has 1 aliphatic rings. The molecule has 138 valence electrons. The van der Waals surface area contributed by atoms with Crippen LogP contribution in [-0.4, -0.2) is 28.5 Å². The van der Waals surface area contributed by atoms with Crippen molar-refractivity contribution in [2.24, 2.45) is 0 Å². The second-order valence-electron chi connectivity index (χ2n) is 5.50. The van der Waals surface area contributed by atoms with Gasteiger partial charge in [-0.2, -0.15) is 0 Å². The molecule has 3 amide bonds. The second-order valence-corrected chi connectivity index (χ2v) is 7.75. The lowest BCUT2D eigenvalue weighted by Gasteiger charge is -2.12. The van der Waals surface area contributed by atoms with Crippen LogP contribution in [0.1, 0.15) is 5.56 Å². The molecule has 1 N–H and O–H groups in total. The fourth-order valence-electron chi connectivity index (χ4n) is 2.30. The van der Waals surface area contributed by atoms with Gasteiger partial charge in [-0.3, -0.25) is 19.3 Å². The van der Waals surface area contributed by atoms with Crippen LogP contribution in [0, 0.1) is 5.82 Å². The van der Waals surface area contributed by atoms with E-state index in [1.807, 2.05) is 0 Å².